The number of amides is 2. The van der Waals surface area contributed by atoms with E-state index in [2.05, 4.69) is 5.32 Å². The number of carbonyl (C=O) groups excluding carboxylic acids is 2. The number of aliphatic hydroxyl groups excluding tert-OH is 1. The minimum atomic E-state index is -1.19. The highest BCUT2D eigenvalue weighted by Crippen LogP contribution is 2.17. The Morgan fingerprint density at radius 1 is 1.27 bits per heavy atom. The number of carbonyl (C=O) groups is 3. The molecule has 0 saturated carbocycles. The van der Waals surface area contributed by atoms with Crippen LogP contribution in [0, 0.1) is 0 Å². The number of hydrogen-bond donors (Lipinski definition) is 5. The quantitative estimate of drug-likeness (QED) is 0.334. The summed E-state index contributed by atoms with van der Waals surface area (Å²) < 4.78 is 0. The molecular weight excluding hydrogens is 292 g/mol. The van der Waals surface area contributed by atoms with Crippen molar-refractivity contribution in [3.63, 3.8) is 0 Å². The van der Waals surface area contributed by atoms with E-state index in [4.69, 9.17) is 16.6 Å². The largest absolute Gasteiger partial charge is 0.480 e. The van der Waals surface area contributed by atoms with E-state index in [0.717, 1.165) is 0 Å². The van der Waals surface area contributed by atoms with Crippen LogP contribution in [0.4, 0.5) is 0 Å². The minimum Gasteiger partial charge on any atom is -0.480 e. The van der Waals surface area contributed by atoms with Gasteiger partial charge in [-0.05, 0) is 25.7 Å². The molecule has 9 nitrogen and oxygen atoms in total. The number of carboxylic acids is 1. The van der Waals surface area contributed by atoms with E-state index in [-0.39, 0.29) is 31.8 Å². The number of nitrogens with one attached hydrogen (secondary N) is 1. The first-order valence-electron chi connectivity index (χ1n) is 7.31. The van der Waals surface area contributed by atoms with Gasteiger partial charge in [0.2, 0.25) is 11.8 Å². The van der Waals surface area contributed by atoms with E-state index in [1.54, 1.807) is 0 Å². The van der Waals surface area contributed by atoms with Crippen LogP contribution in [0.1, 0.15) is 25.7 Å². The second-order valence-electron chi connectivity index (χ2n) is 5.32. The summed E-state index contributed by atoms with van der Waals surface area (Å²) in [6.07, 6.45) is 0.587. The second kappa shape index (κ2) is 8.66. The number of hydrogen-bond acceptors (Lipinski definition) is 6. The topological polar surface area (TPSA) is 159 Å². The molecule has 7 N–H and O–H groups in total. The van der Waals surface area contributed by atoms with Crippen LogP contribution >= 0.6 is 0 Å². The van der Waals surface area contributed by atoms with Crippen molar-refractivity contribution >= 4 is 17.8 Å². The zero-order valence-electron chi connectivity index (χ0n) is 12.4. The highest BCUT2D eigenvalue weighted by molar-refractivity contribution is 5.91. The molecule has 1 heterocycles. The molecule has 0 aromatic carbocycles. The average Bonchev–Trinajstić information content (AvgIpc) is 2.99. The van der Waals surface area contributed by atoms with Crippen LogP contribution in [0.3, 0.4) is 0 Å². The van der Waals surface area contributed by atoms with Gasteiger partial charge in [-0.25, -0.2) is 4.79 Å². The van der Waals surface area contributed by atoms with Crippen LogP contribution in [0.2, 0.25) is 0 Å². The molecule has 0 aromatic rings. The van der Waals surface area contributed by atoms with Crippen LogP contribution in [0.5, 0.6) is 0 Å². The molecule has 0 aliphatic carbocycles. The fraction of sp³-hybridized carbons (Fsp3) is 0.769. The zero-order chi connectivity index (χ0) is 16.7. The van der Waals surface area contributed by atoms with Gasteiger partial charge in [0.05, 0.1) is 12.6 Å². The number of rotatable bonds is 8. The highest BCUT2D eigenvalue weighted by Gasteiger charge is 2.35. The molecule has 1 unspecified atom stereocenters. The van der Waals surface area contributed by atoms with Gasteiger partial charge in [-0.2, -0.15) is 0 Å². The molecule has 126 valence electrons. The number of aliphatic hydroxyl groups is 1. The van der Waals surface area contributed by atoms with Crippen LogP contribution in [-0.4, -0.2) is 70.7 Å². The predicted molar refractivity (Wildman–Crippen MR) is 77.7 cm³/mol. The summed E-state index contributed by atoms with van der Waals surface area (Å²) in [6.45, 7) is 0.286. The molecule has 22 heavy (non-hydrogen) atoms. The Hall–Kier alpha value is -1.71. The van der Waals surface area contributed by atoms with Gasteiger partial charge >= 0.3 is 5.97 Å². The van der Waals surface area contributed by atoms with Crippen molar-refractivity contribution in [2.24, 2.45) is 11.5 Å². The summed E-state index contributed by atoms with van der Waals surface area (Å²) in [7, 11) is 0. The van der Waals surface area contributed by atoms with E-state index < -0.39 is 30.1 Å². The molecule has 3 atom stereocenters. The summed E-state index contributed by atoms with van der Waals surface area (Å²) in [5.41, 5.74) is 10.6. The van der Waals surface area contributed by atoms with Gasteiger partial charge in [-0.1, -0.05) is 0 Å². The maximum absolute atomic E-state index is 12.2. The summed E-state index contributed by atoms with van der Waals surface area (Å²) in [5, 5.41) is 20.9. The van der Waals surface area contributed by atoms with E-state index in [0.29, 0.717) is 19.4 Å². The van der Waals surface area contributed by atoms with Crippen LogP contribution in [-0.2, 0) is 14.4 Å². The van der Waals surface area contributed by atoms with Crippen molar-refractivity contribution in [2.45, 2.75) is 43.9 Å². The normalized spacial score (nSPS) is 20.5. The van der Waals surface area contributed by atoms with E-state index in [1.165, 1.54) is 4.90 Å². The third-order valence-electron chi connectivity index (χ3n) is 3.73. The van der Waals surface area contributed by atoms with Gasteiger partial charge in [-0.3, -0.25) is 9.59 Å². The van der Waals surface area contributed by atoms with E-state index in [9.17, 15) is 19.5 Å². The summed E-state index contributed by atoms with van der Waals surface area (Å²) >= 11 is 0. The Balaban J connectivity index is 2.62. The molecule has 0 spiro atoms. The number of nitrogens with zero attached hydrogens (tertiary/aromatic N) is 1. The highest BCUT2D eigenvalue weighted by atomic mass is 16.4. The molecule has 0 radical (unpaired) electrons. The lowest BCUT2D eigenvalue weighted by molar-refractivity contribution is -0.144. The molecule has 1 aliphatic rings. The fourth-order valence-corrected chi connectivity index (χ4v) is 2.46. The lowest BCUT2D eigenvalue weighted by atomic mass is 10.1. The van der Waals surface area contributed by atoms with E-state index >= 15 is 0 Å². The van der Waals surface area contributed by atoms with Gasteiger partial charge in [-0.15, -0.1) is 0 Å². The predicted octanol–water partition coefficient (Wildman–Crippen LogP) is -2.39. The Morgan fingerprint density at radius 2 is 1.95 bits per heavy atom. The zero-order valence-corrected chi connectivity index (χ0v) is 12.4. The standard InChI is InChI=1S/C13H24N4O5/c14-6-8(18)3-4-9(13(21)22)16-12(20)10-2-1-5-17(10)11(19)7-15/h8-10,18H,1-7,14-15H2,(H,16,20)(H,21,22)/t8?,9-,10-/m0/s1. The van der Waals surface area contributed by atoms with Crippen LogP contribution in [0.15, 0.2) is 0 Å². The first-order chi connectivity index (χ1) is 10.4. The Morgan fingerprint density at radius 3 is 2.50 bits per heavy atom. The molecule has 2 amide bonds. The summed E-state index contributed by atoms with van der Waals surface area (Å²) in [6, 6.07) is -1.80. The number of nitrogens with two attached hydrogens (primary N) is 2. The first-order valence-corrected chi connectivity index (χ1v) is 7.31. The van der Waals surface area contributed by atoms with Crippen molar-refractivity contribution in [3.05, 3.63) is 0 Å². The lowest BCUT2D eigenvalue weighted by Gasteiger charge is -2.25. The van der Waals surface area contributed by atoms with Crippen LogP contribution < -0.4 is 16.8 Å². The van der Waals surface area contributed by atoms with Gasteiger partial charge in [0.25, 0.3) is 0 Å². The molecular formula is C13H24N4O5. The molecule has 1 saturated heterocycles. The monoisotopic (exact) mass is 316 g/mol. The molecule has 9 heteroatoms. The third kappa shape index (κ3) is 4.93. The van der Waals surface area contributed by atoms with Crippen molar-refractivity contribution in [2.75, 3.05) is 19.6 Å². The molecule has 0 bridgehead atoms. The van der Waals surface area contributed by atoms with Gasteiger partial charge in [0.1, 0.15) is 12.1 Å². The SMILES string of the molecule is NCC(=O)N1CCC[C@H]1C(=O)N[C@@H](CCC(O)CN)C(=O)O. The Labute approximate surface area is 128 Å². The van der Waals surface area contributed by atoms with Gasteiger partial charge in [0.15, 0.2) is 0 Å². The van der Waals surface area contributed by atoms with Crippen LogP contribution in [0.25, 0.3) is 0 Å². The van der Waals surface area contributed by atoms with Gasteiger partial charge < -0.3 is 31.9 Å². The first kappa shape index (κ1) is 18.3. The third-order valence-corrected chi connectivity index (χ3v) is 3.73. The number of likely N-dealkylation sites (tertiary alicyclic amines) is 1. The summed E-state index contributed by atoms with van der Waals surface area (Å²) in [5.74, 6) is -2.02. The number of aliphatic carboxylic acids is 1. The van der Waals surface area contributed by atoms with Crippen molar-refractivity contribution in [3.8, 4) is 0 Å². The second-order valence-corrected chi connectivity index (χ2v) is 5.32. The molecule has 1 aliphatic heterocycles. The van der Waals surface area contributed by atoms with Crippen molar-refractivity contribution in [1.29, 1.82) is 0 Å². The minimum absolute atomic E-state index is 0.0295. The number of carboxylic acid groups (broad SMARTS) is 1. The van der Waals surface area contributed by atoms with Gasteiger partial charge in [0, 0.05) is 13.1 Å². The maximum Gasteiger partial charge on any atom is 0.326 e. The fourth-order valence-electron chi connectivity index (χ4n) is 2.46. The molecule has 1 fully saturated rings. The Bertz CT molecular complexity index is 417. The smallest absolute Gasteiger partial charge is 0.326 e. The summed E-state index contributed by atoms with van der Waals surface area (Å²) in [4.78, 5) is 36.4. The molecule has 0 aromatic heterocycles. The lowest BCUT2D eigenvalue weighted by Crippen LogP contribution is -2.52. The van der Waals surface area contributed by atoms with Crippen molar-refractivity contribution in [1.82, 2.24) is 10.2 Å². The average molecular weight is 316 g/mol. The molecule has 1 rings (SSSR count). The Kier molecular flexibility index (Phi) is 7.22. The van der Waals surface area contributed by atoms with Crippen molar-refractivity contribution < 1.29 is 24.6 Å². The van der Waals surface area contributed by atoms with E-state index in [1.807, 2.05) is 0 Å². The maximum atomic E-state index is 12.2.